The van der Waals surface area contributed by atoms with E-state index in [9.17, 15) is 4.79 Å². The van der Waals surface area contributed by atoms with E-state index >= 15 is 0 Å². The molecule has 3 rings (SSSR count). The first-order chi connectivity index (χ1) is 12.6. The molecule has 5 nitrogen and oxygen atoms in total. The van der Waals surface area contributed by atoms with Crippen LogP contribution in [-0.4, -0.2) is 36.3 Å². The highest BCUT2D eigenvalue weighted by Gasteiger charge is 2.26. The van der Waals surface area contributed by atoms with Crippen LogP contribution in [0.2, 0.25) is 0 Å². The van der Waals surface area contributed by atoms with Crippen molar-refractivity contribution in [2.75, 3.05) is 20.3 Å². The Balaban J connectivity index is 1.63. The van der Waals surface area contributed by atoms with Crippen LogP contribution in [-0.2, 0) is 9.47 Å². The van der Waals surface area contributed by atoms with Crippen molar-refractivity contribution in [1.29, 1.82) is 0 Å². The standard InChI is InChI=1S/C19H25BrN2O3S/c1-3-4-9-25-11-12-5-7-13(8-6-12)18-22-17-15(26-18)10-14(20)16(21-17)19(23)24-2/h10,12-13H,3-9,11H2,1-2H3. The molecular weight excluding hydrogens is 416 g/mol. The zero-order valence-corrected chi connectivity index (χ0v) is 17.7. The third kappa shape index (κ3) is 4.61. The topological polar surface area (TPSA) is 61.3 Å². The van der Waals surface area contributed by atoms with Gasteiger partial charge in [0.1, 0.15) is 0 Å². The molecule has 0 atom stereocenters. The lowest BCUT2D eigenvalue weighted by molar-refractivity contribution is 0.0593. The van der Waals surface area contributed by atoms with Crippen molar-refractivity contribution >= 4 is 43.6 Å². The molecule has 2 aromatic rings. The van der Waals surface area contributed by atoms with Gasteiger partial charge in [0.15, 0.2) is 11.3 Å². The van der Waals surface area contributed by atoms with Gasteiger partial charge in [0.25, 0.3) is 0 Å². The molecule has 0 radical (unpaired) electrons. The molecule has 0 bridgehead atoms. The minimum absolute atomic E-state index is 0.282. The van der Waals surface area contributed by atoms with Crippen LogP contribution in [0.1, 0.15) is 66.9 Å². The summed E-state index contributed by atoms with van der Waals surface area (Å²) in [5.74, 6) is 0.717. The summed E-state index contributed by atoms with van der Waals surface area (Å²) < 4.78 is 12.2. The number of rotatable bonds is 7. The van der Waals surface area contributed by atoms with Crippen LogP contribution in [0.15, 0.2) is 10.5 Å². The van der Waals surface area contributed by atoms with Crippen molar-refractivity contribution < 1.29 is 14.3 Å². The van der Waals surface area contributed by atoms with Gasteiger partial charge < -0.3 is 9.47 Å². The first-order valence-corrected chi connectivity index (χ1v) is 10.9. The zero-order valence-electron chi connectivity index (χ0n) is 15.3. The second kappa shape index (κ2) is 9.24. The van der Waals surface area contributed by atoms with Crippen LogP contribution >= 0.6 is 27.3 Å². The fourth-order valence-electron chi connectivity index (χ4n) is 3.34. The molecule has 7 heteroatoms. The molecule has 2 heterocycles. The molecule has 0 aliphatic heterocycles. The highest BCUT2D eigenvalue weighted by Crippen LogP contribution is 2.39. The number of hydrogen-bond acceptors (Lipinski definition) is 6. The van der Waals surface area contributed by atoms with E-state index in [1.165, 1.54) is 26.4 Å². The van der Waals surface area contributed by atoms with Crippen molar-refractivity contribution in [2.24, 2.45) is 5.92 Å². The number of carbonyl (C=O) groups is 1. The molecule has 0 N–H and O–H groups in total. The van der Waals surface area contributed by atoms with Crippen LogP contribution in [0, 0.1) is 5.92 Å². The summed E-state index contributed by atoms with van der Waals surface area (Å²) in [7, 11) is 1.36. The number of hydrogen-bond donors (Lipinski definition) is 0. The number of unbranched alkanes of at least 4 members (excludes halogenated alkanes) is 1. The van der Waals surface area contributed by atoms with Gasteiger partial charge in [-0.15, -0.1) is 11.3 Å². The molecule has 1 aliphatic rings. The van der Waals surface area contributed by atoms with E-state index in [-0.39, 0.29) is 5.69 Å². The fourth-order valence-corrected chi connectivity index (χ4v) is 5.09. The molecule has 1 fully saturated rings. The first-order valence-electron chi connectivity index (χ1n) is 9.25. The van der Waals surface area contributed by atoms with Crippen LogP contribution in [0.4, 0.5) is 0 Å². The summed E-state index contributed by atoms with van der Waals surface area (Å²) in [4.78, 5) is 20.9. The van der Waals surface area contributed by atoms with Gasteiger partial charge in [0, 0.05) is 19.1 Å². The smallest absolute Gasteiger partial charge is 0.357 e. The number of methoxy groups -OCH3 is 1. The number of aromatic nitrogens is 2. The van der Waals surface area contributed by atoms with Gasteiger partial charge in [0.2, 0.25) is 0 Å². The van der Waals surface area contributed by atoms with E-state index in [0.717, 1.165) is 42.2 Å². The summed E-state index contributed by atoms with van der Waals surface area (Å²) in [5.41, 5.74) is 0.920. The quantitative estimate of drug-likeness (QED) is 0.429. The Hall–Kier alpha value is -1.05. The highest BCUT2D eigenvalue weighted by atomic mass is 79.9. The third-order valence-electron chi connectivity index (χ3n) is 4.92. The first kappa shape index (κ1) is 19.7. The number of carbonyl (C=O) groups excluding carboxylic acids is 1. The number of halogens is 1. The van der Waals surface area contributed by atoms with Crippen molar-refractivity contribution in [3.63, 3.8) is 0 Å². The van der Waals surface area contributed by atoms with Gasteiger partial charge in [-0.3, -0.25) is 0 Å². The van der Waals surface area contributed by atoms with E-state index in [2.05, 4.69) is 27.8 Å². The minimum atomic E-state index is -0.447. The van der Waals surface area contributed by atoms with Crippen LogP contribution in [0.3, 0.4) is 0 Å². The second-order valence-electron chi connectivity index (χ2n) is 6.83. The lowest BCUT2D eigenvalue weighted by Crippen LogP contribution is -2.18. The number of fused-ring (bicyclic) bond motifs is 1. The molecule has 0 spiro atoms. The van der Waals surface area contributed by atoms with Gasteiger partial charge in [0.05, 0.1) is 21.3 Å². The Morgan fingerprint density at radius 1 is 1.31 bits per heavy atom. The van der Waals surface area contributed by atoms with Gasteiger partial charge in [-0.05, 0) is 60.0 Å². The average Bonchev–Trinajstić information content (AvgIpc) is 3.07. The Morgan fingerprint density at radius 3 is 2.77 bits per heavy atom. The van der Waals surface area contributed by atoms with Crippen LogP contribution < -0.4 is 0 Å². The predicted octanol–water partition coefficient (Wildman–Crippen LogP) is 5.33. The SMILES string of the molecule is CCCCOCC1CCC(c2nc3nc(C(=O)OC)c(Br)cc3s2)CC1. The van der Waals surface area contributed by atoms with Crippen molar-refractivity contribution in [3.8, 4) is 0 Å². The van der Waals surface area contributed by atoms with Gasteiger partial charge in [-0.25, -0.2) is 14.8 Å². The number of esters is 1. The van der Waals surface area contributed by atoms with Crippen LogP contribution in [0.5, 0.6) is 0 Å². The number of ether oxygens (including phenoxy) is 2. The summed E-state index contributed by atoms with van der Waals surface area (Å²) in [6.07, 6.45) is 7.01. The van der Waals surface area contributed by atoms with E-state index < -0.39 is 5.97 Å². The highest BCUT2D eigenvalue weighted by molar-refractivity contribution is 9.10. The summed E-state index contributed by atoms with van der Waals surface area (Å²) >= 11 is 5.09. The van der Waals surface area contributed by atoms with Gasteiger partial charge in [-0.1, -0.05) is 13.3 Å². The molecule has 142 valence electrons. The number of thiazole rings is 1. The molecule has 1 aliphatic carbocycles. The monoisotopic (exact) mass is 440 g/mol. The van der Waals surface area contributed by atoms with E-state index in [0.29, 0.717) is 22.0 Å². The normalized spacial score (nSPS) is 20.4. The Morgan fingerprint density at radius 2 is 2.08 bits per heavy atom. The molecular formula is C19H25BrN2O3S. The molecule has 1 saturated carbocycles. The Kier molecular flexibility index (Phi) is 7.00. The van der Waals surface area contributed by atoms with Crippen molar-refractivity contribution in [2.45, 2.75) is 51.4 Å². The van der Waals surface area contributed by atoms with Crippen LogP contribution in [0.25, 0.3) is 10.3 Å². The maximum absolute atomic E-state index is 11.8. The van der Waals surface area contributed by atoms with Gasteiger partial charge >= 0.3 is 5.97 Å². The molecule has 2 aromatic heterocycles. The summed E-state index contributed by atoms with van der Waals surface area (Å²) in [5, 5.41) is 1.13. The molecule has 0 amide bonds. The summed E-state index contributed by atoms with van der Waals surface area (Å²) in [6, 6.07) is 1.92. The molecule has 26 heavy (non-hydrogen) atoms. The van der Waals surface area contributed by atoms with Crippen molar-refractivity contribution in [1.82, 2.24) is 9.97 Å². The van der Waals surface area contributed by atoms with Gasteiger partial charge in [-0.2, -0.15) is 0 Å². The number of pyridine rings is 1. The predicted molar refractivity (Wildman–Crippen MR) is 107 cm³/mol. The molecule has 0 unspecified atom stereocenters. The Labute approximate surface area is 166 Å². The van der Waals surface area contributed by atoms with E-state index in [1.54, 1.807) is 11.3 Å². The average molecular weight is 441 g/mol. The lowest BCUT2D eigenvalue weighted by Gasteiger charge is -2.27. The maximum Gasteiger partial charge on any atom is 0.357 e. The zero-order chi connectivity index (χ0) is 18.5. The fraction of sp³-hybridized carbons (Fsp3) is 0.632. The van der Waals surface area contributed by atoms with Crippen molar-refractivity contribution in [3.05, 3.63) is 21.2 Å². The minimum Gasteiger partial charge on any atom is -0.464 e. The number of nitrogens with zero attached hydrogens (tertiary/aromatic N) is 2. The Bertz CT molecular complexity index is 757. The lowest BCUT2D eigenvalue weighted by atomic mass is 9.83. The summed E-state index contributed by atoms with van der Waals surface area (Å²) in [6.45, 7) is 3.97. The van der Waals surface area contributed by atoms with E-state index in [1.807, 2.05) is 6.07 Å². The second-order valence-corrected chi connectivity index (χ2v) is 8.75. The molecule has 0 saturated heterocycles. The molecule has 0 aromatic carbocycles. The third-order valence-corrected chi connectivity index (χ3v) is 6.68. The maximum atomic E-state index is 11.8. The largest absolute Gasteiger partial charge is 0.464 e. The van der Waals surface area contributed by atoms with E-state index in [4.69, 9.17) is 14.5 Å².